The van der Waals surface area contributed by atoms with E-state index in [1.54, 1.807) is 6.20 Å². The van der Waals surface area contributed by atoms with Gasteiger partial charge in [-0.15, -0.1) is 0 Å². The molecule has 0 saturated carbocycles. The molecule has 0 radical (unpaired) electrons. The first-order chi connectivity index (χ1) is 5.93. The summed E-state index contributed by atoms with van der Waals surface area (Å²) >= 11 is 0. The molecule has 0 fully saturated rings. The van der Waals surface area contributed by atoms with Crippen LogP contribution < -0.4 is 0 Å². The minimum absolute atomic E-state index is 0.324. The van der Waals surface area contributed by atoms with Gasteiger partial charge in [0.15, 0.2) is 0 Å². The van der Waals surface area contributed by atoms with Crippen molar-refractivity contribution in [2.24, 2.45) is 0 Å². The van der Waals surface area contributed by atoms with E-state index in [9.17, 15) is 0 Å². The van der Waals surface area contributed by atoms with Gasteiger partial charge in [0.2, 0.25) is 0 Å². The van der Waals surface area contributed by atoms with Crippen LogP contribution in [0.3, 0.4) is 0 Å². The van der Waals surface area contributed by atoms with E-state index in [-0.39, 0.29) is 0 Å². The number of unbranched alkanes of at least 4 members (excludes halogenated alkanes) is 3. The lowest BCUT2D eigenvalue weighted by atomic mass is 10.2. The maximum Gasteiger partial charge on any atom is 0.0945 e. The predicted molar refractivity (Wildman–Crippen MR) is 47.8 cm³/mol. The Morgan fingerprint density at radius 1 is 1.17 bits per heavy atom. The fourth-order valence-corrected chi connectivity index (χ4v) is 1.18. The third kappa shape index (κ3) is 3.53. The maximum atomic E-state index is 8.53. The zero-order chi connectivity index (χ0) is 8.65. The second-order valence-electron chi connectivity index (χ2n) is 2.94. The second-order valence-corrected chi connectivity index (χ2v) is 2.94. The first kappa shape index (κ1) is 9.26. The van der Waals surface area contributed by atoms with E-state index in [4.69, 9.17) is 5.11 Å². The summed E-state index contributed by atoms with van der Waals surface area (Å²) in [6.45, 7) is 1.37. The summed E-state index contributed by atoms with van der Waals surface area (Å²) in [6.07, 6.45) is 10.1. The Bertz CT molecular complexity index is 184. The van der Waals surface area contributed by atoms with Crippen molar-refractivity contribution in [1.82, 2.24) is 9.55 Å². The zero-order valence-corrected chi connectivity index (χ0v) is 7.32. The minimum Gasteiger partial charge on any atom is -0.396 e. The zero-order valence-electron chi connectivity index (χ0n) is 7.32. The van der Waals surface area contributed by atoms with Crippen molar-refractivity contribution >= 4 is 0 Å². The van der Waals surface area contributed by atoms with Crippen LogP contribution in [0.4, 0.5) is 0 Å². The first-order valence-corrected chi connectivity index (χ1v) is 4.50. The third-order valence-corrected chi connectivity index (χ3v) is 1.88. The van der Waals surface area contributed by atoms with E-state index in [0.717, 1.165) is 19.4 Å². The van der Waals surface area contributed by atoms with Gasteiger partial charge in [0.1, 0.15) is 0 Å². The normalized spacial score (nSPS) is 10.4. The van der Waals surface area contributed by atoms with Crippen LogP contribution in [0.25, 0.3) is 0 Å². The van der Waals surface area contributed by atoms with Crippen LogP contribution in [0.15, 0.2) is 18.7 Å². The standard InChI is InChI=1S/C9H16N2O/c12-8-4-2-1-3-6-11-7-5-10-9-11/h5,7,9,12H,1-4,6,8H2. The van der Waals surface area contributed by atoms with Gasteiger partial charge in [-0.3, -0.25) is 0 Å². The molecule has 0 aliphatic rings. The SMILES string of the molecule is OCCCCCCn1ccnc1. The Morgan fingerprint density at radius 2 is 2.00 bits per heavy atom. The minimum atomic E-state index is 0.324. The van der Waals surface area contributed by atoms with Gasteiger partial charge in [-0.2, -0.15) is 0 Å². The highest BCUT2D eigenvalue weighted by Gasteiger charge is 1.90. The van der Waals surface area contributed by atoms with Crippen molar-refractivity contribution in [2.75, 3.05) is 6.61 Å². The van der Waals surface area contributed by atoms with E-state index in [2.05, 4.69) is 9.55 Å². The van der Waals surface area contributed by atoms with Crippen molar-refractivity contribution < 1.29 is 5.11 Å². The highest BCUT2D eigenvalue weighted by Crippen LogP contribution is 2.01. The number of aromatic nitrogens is 2. The Morgan fingerprint density at radius 3 is 2.67 bits per heavy atom. The fraction of sp³-hybridized carbons (Fsp3) is 0.667. The smallest absolute Gasteiger partial charge is 0.0945 e. The molecule has 0 amide bonds. The van der Waals surface area contributed by atoms with Gasteiger partial charge in [-0.1, -0.05) is 12.8 Å². The molecule has 0 spiro atoms. The lowest BCUT2D eigenvalue weighted by molar-refractivity contribution is 0.282. The van der Waals surface area contributed by atoms with Gasteiger partial charge in [-0.25, -0.2) is 4.98 Å². The van der Waals surface area contributed by atoms with Crippen LogP contribution in [-0.2, 0) is 6.54 Å². The lowest BCUT2D eigenvalue weighted by Crippen LogP contribution is -1.94. The number of hydrogen-bond donors (Lipinski definition) is 1. The van der Waals surface area contributed by atoms with Crippen LogP contribution in [0.1, 0.15) is 25.7 Å². The molecule has 0 atom stereocenters. The topological polar surface area (TPSA) is 38.0 Å². The van der Waals surface area contributed by atoms with Crippen LogP contribution in [0, 0.1) is 0 Å². The summed E-state index contributed by atoms with van der Waals surface area (Å²) in [5.41, 5.74) is 0. The number of aryl methyl sites for hydroxylation is 1. The van der Waals surface area contributed by atoms with Crippen molar-refractivity contribution in [3.8, 4) is 0 Å². The predicted octanol–water partition coefficient (Wildman–Crippen LogP) is 1.44. The van der Waals surface area contributed by atoms with E-state index in [1.165, 1.54) is 12.8 Å². The summed E-state index contributed by atoms with van der Waals surface area (Å²) in [5.74, 6) is 0. The third-order valence-electron chi connectivity index (χ3n) is 1.88. The Labute approximate surface area is 73.1 Å². The molecular formula is C9H16N2O. The number of rotatable bonds is 6. The summed E-state index contributed by atoms with van der Waals surface area (Å²) in [7, 11) is 0. The largest absolute Gasteiger partial charge is 0.396 e. The molecule has 1 N–H and O–H groups in total. The molecule has 0 aliphatic carbocycles. The Balaban J connectivity index is 1.96. The molecule has 3 heteroatoms. The summed E-state index contributed by atoms with van der Waals surface area (Å²) in [5, 5.41) is 8.53. The molecule has 1 rings (SSSR count). The molecular weight excluding hydrogens is 152 g/mol. The van der Waals surface area contributed by atoms with Crippen molar-refractivity contribution in [1.29, 1.82) is 0 Å². The van der Waals surface area contributed by atoms with Gasteiger partial charge in [0.25, 0.3) is 0 Å². The van der Waals surface area contributed by atoms with Crippen LogP contribution >= 0.6 is 0 Å². The summed E-state index contributed by atoms with van der Waals surface area (Å²) in [6, 6.07) is 0. The van der Waals surface area contributed by atoms with Crippen LogP contribution in [-0.4, -0.2) is 21.3 Å². The highest BCUT2D eigenvalue weighted by atomic mass is 16.2. The van der Waals surface area contributed by atoms with Crippen molar-refractivity contribution in [2.45, 2.75) is 32.2 Å². The van der Waals surface area contributed by atoms with Crippen LogP contribution in [0.2, 0.25) is 0 Å². The number of imidazole rings is 1. The molecule has 0 saturated heterocycles. The Hall–Kier alpha value is -0.830. The number of nitrogens with zero attached hydrogens (tertiary/aromatic N) is 2. The second kappa shape index (κ2) is 5.77. The number of hydrogen-bond acceptors (Lipinski definition) is 2. The molecule has 12 heavy (non-hydrogen) atoms. The highest BCUT2D eigenvalue weighted by molar-refractivity contribution is 4.73. The molecule has 3 nitrogen and oxygen atoms in total. The molecule has 0 aliphatic heterocycles. The number of aliphatic hydroxyl groups is 1. The van der Waals surface area contributed by atoms with Gasteiger partial charge in [-0.05, 0) is 12.8 Å². The molecule has 0 aromatic carbocycles. The molecule has 1 aromatic heterocycles. The quantitative estimate of drug-likeness (QED) is 0.653. The monoisotopic (exact) mass is 168 g/mol. The van der Waals surface area contributed by atoms with Gasteiger partial charge in [0.05, 0.1) is 6.33 Å². The maximum absolute atomic E-state index is 8.53. The molecule has 68 valence electrons. The number of aliphatic hydroxyl groups excluding tert-OH is 1. The van der Waals surface area contributed by atoms with Crippen LogP contribution in [0.5, 0.6) is 0 Å². The van der Waals surface area contributed by atoms with Crippen molar-refractivity contribution in [3.05, 3.63) is 18.7 Å². The van der Waals surface area contributed by atoms with E-state index in [0.29, 0.717) is 6.61 Å². The average Bonchev–Trinajstić information content (AvgIpc) is 2.57. The fourth-order valence-electron chi connectivity index (χ4n) is 1.18. The van der Waals surface area contributed by atoms with Gasteiger partial charge in [0, 0.05) is 25.5 Å². The lowest BCUT2D eigenvalue weighted by Gasteiger charge is -2.00. The first-order valence-electron chi connectivity index (χ1n) is 4.50. The van der Waals surface area contributed by atoms with Gasteiger partial charge >= 0.3 is 0 Å². The average molecular weight is 168 g/mol. The van der Waals surface area contributed by atoms with E-state index < -0.39 is 0 Å². The Kier molecular flexibility index (Phi) is 4.46. The van der Waals surface area contributed by atoms with E-state index >= 15 is 0 Å². The summed E-state index contributed by atoms with van der Waals surface area (Å²) < 4.78 is 2.08. The molecule has 1 aromatic rings. The summed E-state index contributed by atoms with van der Waals surface area (Å²) in [4.78, 5) is 3.96. The molecule has 1 heterocycles. The van der Waals surface area contributed by atoms with E-state index in [1.807, 2.05) is 12.5 Å². The van der Waals surface area contributed by atoms with Crippen molar-refractivity contribution in [3.63, 3.8) is 0 Å². The molecule has 0 bridgehead atoms. The molecule has 0 unspecified atom stereocenters. The van der Waals surface area contributed by atoms with Gasteiger partial charge < -0.3 is 9.67 Å².